The summed E-state index contributed by atoms with van der Waals surface area (Å²) in [4.78, 5) is 45.7. The summed E-state index contributed by atoms with van der Waals surface area (Å²) in [6.07, 6.45) is 1.51. The van der Waals surface area contributed by atoms with E-state index in [9.17, 15) is 23.2 Å². The van der Waals surface area contributed by atoms with Crippen LogP contribution in [-0.2, 0) is 0 Å². The van der Waals surface area contributed by atoms with Gasteiger partial charge in [-0.1, -0.05) is 4.49 Å². The molecule has 0 spiro atoms. The van der Waals surface area contributed by atoms with Gasteiger partial charge in [0.1, 0.15) is 4.88 Å². The van der Waals surface area contributed by atoms with E-state index in [1.807, 2.05) is 0 Å². The van der Waals surface area contributed by atoms with Crippen molar-refractivity contribution in [3.05, 3.63) is 69.7 Å². The third-order valence-electron chi connectivity index (χ3n) is 7.27. The standard InChI is InChI=1S/C28H31F2N7O3S/c1-18-25(41-34-33-18)28(40)37-12-3-11-35(14-15-37)24-7-5-20(27(39)36-10-2-8-31-9-13-36)17-23(24)32-26(38)19-4-6-21(29)22(30)16-19/h4-7,16-17,31H,2-3,8-15H2,1H3,(H,32,38). The lowest BCUT2D eigenvalue weighted by Gasteiger charge is -2.27. The molecule has 3 amide bonds. The first-order valence-corrected chi connectivity index (χ1v) is 14.3. The van der Waals surface area contributed by atoms with Crippen LogP contribution < -0.4 is 15.5 Å². The molecule has 216 valence electrons. The van der Waals surface area contributed by atoms with Gasteiger partial charge in [0.15, 0.2) is 11.6 Å². The number of carbonyl (C=O) groups excluding carboxylic acids is 3. The molecule has 0 aliphatic carbocycles. The number of halogens is 2. The summed E-state index contributed by atoms with van der Waals surface area (Å²) in [5.74, 6) is -3.06. The van der Waals surface area contributed by atoms with Crippen LogP contribution in [0, 0.1) is 18.6 Å². The van der Waals surface area contributed by atoms with Gasteiger partial charge >= 0.3 is 0 Å². The van der Waals surface area contributed by atoms with Crippen LogP contribution in [0.5, 0.6) is 0 Å². The molecule has 2 N–H and O–H groups in total. The zero-order chi connectivity index (χ0) is 28.9. The molecule has 0 radical (unpaired) electrons. The third-order valence-corrected chi connectivity index (χ3v) is 8.09. The Bertz CT molecular complexity index is 1440. The summed E-state index contributed by atoms with van der Waals surface area (Å²) in [5, 5.41) is 10.0. The second-order valence-electron chi connectivity index (χ2n) is 10.0. The lowest BCUT2D eigenvalue weighted by atomic mass is 10.1. The highest BCUT2D eigenvalue weighted by Crippen LogP contribution is 2.30. The second kappa shape index (κ2) is 12.7. The highest BCUT2D eigenvalue weighted by molar-refractivity contribution is 7.07. The van der Waals surface area contributed by atoms with E-state index in [1.54, 1.807) is 34.9 Å². The highest BCUT2D eigenvalue weighted by atomic mass is 32.1. The summed E-state index contributed by atoms with van der Waals surface area (Å²) in [6.45, 7) is 6.55. The molecule has 3 aromatic rings. The molecule has 10 nitrogen and oxygen atoms in total. The van der Waals surface area contributed by atoms with Crippen LogP contribution in [0.15, 0.2) is 36.4 Å². The van der Waals surface area contributed by atoms with Gasteiger partial charge in [-0.2, -0.15) is 0 Å². The van der Waals surface area contributed by atoms with Gasteiger partial charge in [0.05, 0.1) is 17.1 Å². The summed E-state index contributed by atoms with van der Waals surface area (Å²) >= 11 is 1.08. The Morgan fingerprint density at radius 1 is 0.854 bits per heavy atom. The molecule has 0 bridgehead atoms. The summed E-state index contributed by atoms with van der Waals surface area (Å²) in [7, 11) is 0. The van der Waals surface area contributed by atoms with Crippen LogP contribution in [0.2, 0.25) is 0 Å². The number of aryl methyl sites for hydroxylation is 1. The number of nitrogens with zero attached hydrogens (tertiary/aromatic N) is 5. The van der Waals surface area contributed by atoms with E-state index in [2.05, 4.69) is 25.1 Å². The van der Waals surface area contributed by atoms with Crippen molar-refractivity contribution < 1.29 is 23.2 Å². The number of benzene rings is 2. The van der Waals surface area contributed by atoms with Gasteiger partial charge in [-0.25, -0.2) is 8.78 Å². The minimum Gasteiger partial charge on any atom is -0.368 e. The first-order chi connectivity index (χ1) is 19.8. The number of hydrogen-bond donors (Lipinski definition) is 2. The Morgan fingerprint density at radius 3 is 2.41 bits per heavy atom. The van der Waals surface area contributed by atoms with Gasteiger partial charge in [0, 0.05) is 56.9 Å². The molecule has 41 heavy (non-hydrogen) atoms. The van der Waals surface area contributed by atoms with Crippen molar-refractivity contribution in [2.24, 2.45) is 0 Å². The topological polar surface area (TPSA) is 111 Å². The fraction of sp³-hybridized carbons (Fsp3) is 0.393. The Hall–Kier alpha value is -3.97. The Balaban J connectivity index is 1.41. The van der Waals surface area contributed by atoms with Gasteiger partial charge in [0.2, 0.25) is 0 Å². The monoisotopic (exact) mass is 583 g/mol. The van der Waals surface area contributed by atoms with Crippen molar-refractivity contribution in [3.8, 4) is 0 Å². The van der Waals surface area contributed by atoms with Crippen LogP contribution in [0.3, 0.4) is 0 Å². The maximum absolute atomic E-state index is 13.9. The molecular weight excluding hydrogens is 552 g/mol. The van der Waals surface area contributed by atoms with Crippen LogP contribution in [0.1, 0.15) is 48.9 Å². The number of anilines is 2. The lowest BCUT2D eigenvalue weighted by Crippen LogP contribution is -2.35. The fourth-order valence-corrected chi connectivity index (χ4v) is 5.67. The van der Waals surface area contributed by atoms with E-state index in [0.717, 1.165) is 36.6 Å². The van der Waals surface area contributed by atoms with Crippen molar-refractivity contribution in [2.45, 2.75) is 19.8 Å². The number of carbonyl (C=O) groups is 3. The summed E-state index contributed by atoms with van der Waals surface area (Å²) in [5.41, 5.74) is 2.01. The SMILES string of the molecule is Cc1nnsc1C(=O)N1CCCN(c2ccc(C(=O)N3CCCNCC3)cc2NC(=O)c2ccc(F)c(F)c2)CC1. The molecule has 5 rings (SSSR count). The summed E-state index contributed by atoms with van der Waals surface area (Å²) in [6, 6.07) is 8.11. The molecule has 2 aliphatic rings. The van der Waals surface area contributed by atoms with E-state index >= 15 is 0 Å². The number of amides is 3. The normalized spacial score (nSPS) is 16.2. The average Bonchev–Trinajstić information content (AvgIpc) is 3.15. The Labute approximate surface area is 240 Å². The fourth-order valence-electron chi connectivity index (χ4n) is 5.04. The quantitative estimate of drug-likeness (QED) is 0.475. The van der Waals surface area contributed by atoms with Crippen molar-refractivity contribution >= 4 is 40.6 Å². The minimum absolute atomic E-state index is 0.0497. The molecule has 2 saturated heterocycles. The summed E-state index contributed by atoms with van der Waals surface area (Å²) < 4.78 is 31.2. The van der Waals surface area contributed by atoms with Crippen LogP contribution >= 0.6 is 11.5 Å². The second-order valence-corrected chi connectivity index (χ2v) is 10.8. The van der Waals surface area contributed by atoms with Gasteiger partial charge in [-0.05, 0) is 74.2 Å². The first kappa shape index (κ1) is 28.6. The molecule has 2 aromatic carbocycles. The van der Waals surface area contributed by atoms with Crippen molar-refractivity contribution in [3.63, 3.8) is 0 Å². The van der Waals surface area contributed by atoms with Crippen LogP contribution in [0.25, 0.3) is 0 Å². The minimum atomic E-state index is -1.12. The lowest BCUT2D eigenvalue weighted by molar-refractivity contribution is 0.0760. The maximum atomic E-state index is 13.9. The number of hydrogen-bond acceptors (Lipinski definition) is 8. The van der Waals surface area contributed by atoms with Crippen molar-refractivity contribution in [2.75, 3.05) is 62.6 Å². The molecule has 1 aromatic heterocycles. The molecule has 2 fully saturated rings. The molecular formula is C28H31F2N7O3S. The third kappa shape index (κ3) is 6.51. The van der Waals surface area contributed by atoms with Gasteiger partial charge in [0.25, 0.3) is 17.7 Å². The van der Waals surface area contributed by atoms with E-state index in [1.165, 1.54) is 6.07 Å². The predicted molar refractivity (Wildman–Crippen MR) is 152 cm³/mol. The van der Waals surface area contributed by atoms with E-state index in [0.29, 0.717) is 79.7 Å². The van der Waals surface area contributed by atoms with E-state index in [-0.39, 0.29) is 17.4 Å². The van der Waals surface area contributed by atoms with Gasteiger partial charge in [-0.15, -0.1) is 5.10 Å². The Morgan fingerprint density at radius 2 is 1.63 bits per heavy atom. The molecule has 0 atom stereocenters. The van der Waals surface area contributed by atoms with Gasteiger partial charge in [-0.3, -0.25) is 14.4 Å². The molecule has 0 unspecified atom stereocenters. The molecule has 3 heterocycles. The zero-order valence-electron chi connectivity index (χ0n) is 22.7. The first-order valence-electron chi connectivity index (χ1n) is 13.6. The molecule has 13 heteroatoms. The van der Waals surface area contributed by atoms with Crippen molar-refractivity contribution in [1.29, 1.82) is 0 Å². The highest BCUT2D eigenvalue weighted by Gasteiger charge is 2.26. The number of rotatable bonds is 5. The van der Waals surface area contributed by atoms with E-state index in [4.69, 9.17) is 0 Å². The molecule has 0 saturated carbocycles. The number of nitrogens with one attached hydrogen (secondary N) is 2. The molecule has 2 aliphatic heterocycles. The van der Waals surface area contributed by atoms with E-state index < -0.39 is 17.5 Å². The predicted octanol–water partition coefficient (Wildman–Crippen LogP) is 3.17. The smallest absolute Gasteiger partial charge is 0.267 e. The zero-order valence-corrected chi connectivity index (χ0v) is 23.5. The van der Waals surface area contributed by atoms with Gasteiger partial charge < -0.3 is 25.3 Å². The van der Waals surface area contributed by atoms with Crippen LogP contribution in [0.4, 0.5) is 20.2 Å². The largest absolute Gasteiger partial charge is 0.368 e. The maximum Gasteiger partial charge on any atom is 0.267 e. The Kier molecular flexibility index (Phi) is 8.84. The average molecular weight is 584 g/mol. The number of aromatic nitrogens is 2. The van der Waals surface area contributed by atoms with Crippen LogP contribution in [-0.4, -0.2) is 89.5 Å². The van der Waals surface area contributed by atoms with Crippen molar-refractivity contribution in [1.82, 2.24) is 24.7 Å².